The van der Waals surface area contributed by atoms with Crippen molar-refractivity contribution in [3.8, 4) is 11.3 Å². The third-order valence-electron chi connectivity index (χ3n) is 6.18. The summed E-state index contributed by atoms with van der Waals surface area (Å²) in [6, 6.07) is 12.5. The van der Waals surface area contributed by atoms with Crippen LogP contribution in [0.3, 0.4) is 0 Å². The highest BCUT2D eigenvalue weighted by Gasteiger charge is 2.61. The Balaban J connectivity index is 1.50. The number of nitrogens with zero attached hydrogens (tertiary/aromatic N) is 2. The van der Waals surface area contributed by atoms with E-state index < -0.39 is 35.9 Å². The van der Waals surface area contributed by atoms with Gasteiger partial charge in [0.05, 0.1) is 30.0 Å². The number of anilines is 3. The van der Waals surface area contributed by atoms with Gasteiger partial charge in [-0.15, -0.1) is 0 Å². The number of aromatic amines is 1. The highest BCUT2D eigenvalue weighted by Crippen LogP contribution is 2.49. The van der Waals surface area contributed by atoms with Gasteiger partial charge >= 0.3 is 6.09 Å². The zero-order valence-electron chi connectivity index (χ0n) is 21.1. The van der Waals surface area contributed by atoms with Gasteiger partial charge < -0.3 is 20.4 Å². The predicted octanol–water partition coefficient (Wildman–Crippen LogP) is 5.35. The number of hydrogen-bond donors (Lipinski definition) is 3. The molecule has 2 aromatic heterocycles. The molecule has 1 aliphatic carbocycles. The molecule has 1 atom stereocenters. The van der Waals surface area contributed by atoms with Crippen LogP contribution in [0.5, 0.6) is 0 Å². The minimum absolute atomic E-state index is 0.107. The van der Waals surface area contributed by atoms with Gasteiger partial charge in [-0.25, -0.2) is 18.6 Å². The number of benzene rings is 1. The van der Waals surface area contributed by atoms with Crippen molar-refractivity contribution in [2.45, 2.75) is 45.3 Å². The number of H-pyrrole nitrogens is 1. The molecule has 1 saturated carbocycles. The van der Waals surface area contributed by atoms with Crippen molar-refractivity contribution in [1.29, 1.82) is 0 Å². The van der Waals surface area contributed by atoms with E-state index in [0.29, 0.717) is 28.2 Å². The summed E-state index contributed by atoms with van der Waals surface area (Å²) in [4.78, 5) is 46.9. The highest BCUT2D eigenvalue weighted by atomic mass is 19.3. The maximum atomic E-state index is 13.3. The molecule has 0 bridgehead atoms. The lowest BCUT2D eigenvalue weighted by molar-refractivity contribution is -0.119. The molecule has 0 spiro atoms. The molecule has 38 heavy (non-hydrogen) atoms. The van der Waals surface area contributed by atoms with Crippen LogP contribution in [0.4, 0.5) is 30.8 Å². The third kappa shape index (κ3) is 5.22. The standard InChI is InChI=1S/C27H27F2N5O4/c1-26(2,3)38-25(37)34-13-18-21(19(35)14-34)23(31-16-7-5-4-6-8-16)22(32-18)15-9-10-30-20(11-15)33-24(36)17-12-27(17,28)29/h4-11,17,31-32H,12-14H2,1-3H3,(H,30,33,36)/t17-/m0/s1. The Hall–Kier alpha value is -4.28. The first-order chi connectivity index (χ1) is 17.9. The maximum Gasteiger partial charge on any atom is 0.411 e. The number of aromatic nitrogens is 2. The molecule has 0 radical (unpaired) electrons. The number of halogens is 2. The van der Waals surface area contributed by atoms with Crippen LogP contribution < -0.4 is 10.6 Å². The number of hydrogen-bond acceptors (Lipinski definition) is 6. The molecule has 2 aliphatic rings. The van der Waals surface area contributed by atoms with E-state index >= 15 is 0 Å². The number of ketones is 1. The van der Waals surface area contributed by atoms with Gasteiger partial charge in [-0.05, 0) is 45.0 Å². The van der Waals surface area contributed by atoms with Gasteiger partial charge in [0.2, 0.25) is 5.91 Å². The number of carbonyl (C=O) groups excluding carboxylic acids is 3. The summed E-state index contributed by atoms with van der Waals surface area (Å²) in [6.45, 7) is 5.21. The first kappa shape index (κ1) is 25.4. The topological polar surface area (TPSA) is 116 Å². The second-order valence-electron chi connectivity index (χ2n) is 10.4. The lowest BCUT2D eigenvalue weighted by Gasteiger charge is -2.29. The van der Waals surface area contributed by atoms with Crippen molar-refractivity contribution in [1.82, 2.24) is 14.9 Å². The monoisotopic (exact) mass is 523 g/mol. The maximum absolute atomic E-state index is 13.3. The van der Waals surface area contributed by atoms with E-state index in [1.54, 1.807) is 32.9 Å². The molecular formula is C27H27F2N5O4. The Morgan fingerprint density at radius 1 is 1.16 bits per heavy atom. The van der Waals surface area contributed by atoms with E-state index in [1.165, 1.54) is 11.1 Å². The van der Waals surface area contributed by atoms with Crippen molar-refractivity contribution in [2.75, 3.05) is 17.2 Å². The van der Waals surface area contributed by atoms with Crippen LogP contribution in [0.2, 0.25) is 0 Å². The number of ether oxygens (including phenoxy) is 1. The van der Waals surface area contributed by atoms with Crippen molar-refractivity contribution in [2.24, 2.45) is 5.92 Å². The smallest absolute Gasteiger partial charge is 0.411 e. The average Bonchev–Trinajstić information content (AvgIpc) is 3.33. The summed E-state index contributed by atoms with van der Waals surface area (Å²) < 4.78 is 32.1. The van der Waals surface area contributed by atoms with Crippen LogP contribution in [0, 0.1) is 5.92 Å². The first-order valence-corrected chi connectivity index (χ1v) is 12.1. The number of rotatable bonds is 5. The molecule has 1 aromatic carbocycles. The fourth-order valence-corrected chi connectivity index (χ4v) is 4.31. The zero-order chi connectivity index (χ0) is 27.2. The molecule has 2 amide bonds. The van der Waals surface area contributed by atoms with Crippen LogP contribution >= 0.6 is 0 Å². The number of nitrogens with one attached hydrogen (secondary N) is 3. The number of carbonyl (C=O) groups is 3. The second kappa shape index (κ2) is 9.23. The van der Waals surface area contributed by atoms with Crippen LogP contribution in [0.25, 0.3) is 11.3 Å². The molecule has 1 fully saturated rings. The summed E-state index contributed by atoms with van der Waals surface area (Å²) in [7, 11) is 0. The molecule has 5 rings (SSSR count). The van der Waals surface area contributed by atoms with E-state index in [-0.39, 0.29) is 24.7 Å². The minimum atomic E-state index is -2.99. The summed E-state index contributed by atoms with van der Waals surface area (Å²) >= 11 is 0. The quantitative estimate of drug-likeness (QED) is 0.415. The number of alkyl halides is 2. The van der Waals surface area contributed by atoms with E-state index in [9.17, 15) is 23.2 Å². The number of pyridine rings is 1. The predicted molar refractivity (Wildman–Crippen MR) is 136 cm³/mol. The molecule has 9 nitrogen and oxygen atoms in total. The Morgan fingerprint density at radius 3 is 2.53 bits per heavy atom. The average molecular weight is 524 g/mol. The normalized spacial score (nSPS) is 18.0. The van der Waals surface area contributed by atoms with Crippen molar-refractivity contribution >= 4 is 35.0 Å². The lowest BCUT2D eigenvalue weighted by Crippen LogP contribution is -2.42. The van der Waals surface area contributed by atoms with Gasteiger partial charge in [0, 0.05) is 29.6 Å². The molecule has 3 N–H and O–H groups in total. The Bertz CT molecular complexity index is 1410. The minimum Gasteiger partial charge on any atom is -0.444 e. The van der Waals surface area contributed by atoms with E-state index in [1.807, 2.05) is 30.3 Å². The Morgan fingerprint density at radius 2 is 1.87 bits per heavy atom. The van der Waals surface area contributed by atoms with Crippen LogP contribution in [0.1, 0.15) is 43.2 Å². The molecule has 0 saturated heterocycles. The fraction of sp³-hybridized carbons (Fsp3) is 0.333. The third-order valence-corrected chi connectivity index (χ3v) is 6.18. The Labute approximate surface area is 217 Å². The molecular weight excluding hydrogens is 496 g/mol. The van der Waals surface area contributed by atoms with Crippen LogP contribution in [-0.4, -0.2) is 50.7 Å². The summed E-state index contributed by atoms with van der Waals surface area (Å²) in [5, 5.41) is 5.75. The number of amides is 2. The molecule has 3 aromatic rings. The van der Waals surface area contributed by atoms with E-state index in [0.717, 1.165) is 5.69 Å². The van der Waals surface area contributed by atoms with Gasteiger partial charge in [0.25, 0.3) is 5.92 Å². The van der Waals surface area contributed by atoms with Crippen molar-refractivity contribution in [3.63, 3.8) is 0 Å². The second-order valence-corrected chi connectivity index (χ2v) is 10.4. The summed E-state index contributed by atoms with van der Waals surface area (Å²) in [5.41, 5.74) is 2.51. The highest BCUT2D eigenvalue weighted by molar-refractivity contribution is 6.09. The van der Waals surface area contributed by atoms with Gasteiger partial charge in [-0.1, -0.05) is 18.2 Å². The summed E-state index contributed by atoms with van der Waals surface area (Å²) in [5.74, 6) is -5.33. The number of para-hydroxylation sites is 1. The largest absolute Gasteiger partial charge is 0.444 e. The first-order valence-electron chi connectivity index (χ1n) is 12.1. The zero-order valence-corrected chi connectivity index (χ0v) is 21.1. The van der Waals surface area contributed by atoms with Gasteiger partial charge in [0.15, 0.2) is 5.78 Å². The molecule has 3 heterocycles. The van der Waals surface area contributed by atoms with Crippen LogP contribution in [0.15, 0.2) is 48.7 Å². The summed E-state index contributed by atoms with van der Waals surface area (Å²) in [6.07, 6.45) is 0.358. The van der Waals surface area contributed by atoms with Crippen molar-refractivity contribution in [3.05, 3.63) is 59.9 Å². The SMILES string of the molecule is CC(C)(C)OC(=O)N1CC(=O)c2c([nH]c(-c3ccnc(NC(=O)[C@@H]4CC4(F)F)c3)c2Nc2ccccc2)C1. The molecule has 11 heteroatoms. The molecule has 0 unspecified atom stereocenters. The number of Topliss-reactive ketones (excluding diaryl/α,β-unsaturated/α-hetero) is 1. The van der Waals surface area contributed by atoms with Crippen LogP contribution in [-0.2, 0) is 16.1 Å². The van der Waals surface area contributed by atoms with Gasteiger partial charge in [-0.2, -0.15) is 0 Å². The lowest BCUT2D eigenvalue weighted by atomic mass is 10.0. The van der Waals surface area contributed by atoms with E-state index in [2.05, 4.69) is 20.6 Å². The van der Waals surface area contributed by atoms with Gasteiger partial charge in [0.1, 0.15) is 17.3 Å². The molecule has 198 valence electrons. The molecule has 1 aliphatic heterocycles. The van der Waals surface area contributed by atoms with E-state index in [4.69, 9.17) is 4.74 Å². The van der Waals surface area contributed by atoms with Gasteiger partial charge in [-0.3, -0.25) is 14.5 Å². The Kier molecular flexibility index (Phi) is 6.16. The fourth-order valence-electron chi connectivity index (χ4n) is 4.31. The van der Waals surface area contributed by atoms with Crippen molar-refractivity contribution < 1.29 is 27.9 Å². The number of fused-ring (bicyclic) bond motifs is 1.